The molecule has 0 fully saturated rings. The molecule has 0 radical (unpaired) electrons. The number of hydrogen-bond donors (Lipinski definition) is 1. The van der Waals surface area contributed by atoms with E-state index in [2.05, 4.69) is 21.2 Å². The Bertz CT molecular complexity index is 616. The Balaban J connectivity index is 2.22. The molecule has 0 bridgehead atoms. The molecule has 0 aliphatic carbocycles. The van der Waals surface area contributed by atoms with Crippen LogP contribution in [0.2, 0.25) is 0 Å². The molecule has 2 rings (SSSR count). The number of methoxy groups -OCH3 is 3. The summed E-state index contributed by atoms with van der Waals surface area (Å²) < 4.78 is 17.1. The normalized spacial score (nSPS) is 10.1. The number of hydrogen-bond acceptors (Lipinski definition) is 4. The van der Waals surface area contributed by atoms with Crippen LogP contribution in [0.15, 0.2) is 40.9 Å². The summed E-state index contributed by atoms with van der Waals surface area (Å²) in [4.78, 5) is 0. The maximum atomic E-state index is 5.41. The van der Waals surface area contributed by atoms with Crippen LogP contribution in [0.25, 0.3) is 0 Å². The predicted octanol–water partition coefficient (Wildman–Crippen LogP) is 4.09. The zero-order valence-electron chi connectivity index (χ0n) is 12.3. The summed E-state index contributed by atoms with van der Waals surface area (Å²) in [6.07, 6.45) is 0. The van der Waals surface area contributed by atoms with E-state index in [9.17, 15) is 0 Å². The quantitative estimate of drug-likeness (QED) is 0.850. The van der Waals surface area contributed by atoms with Gasteiger partial charge in [-0.2, -0.15) is 0 Å². The van der Waals surface area contributed by atoms with Crippen LogP contribution < -0.4 is 19.5 Å². The Labute approximate surface area is 133 Å². The van der Waals surface area contributed by atoms with Crippen molar-refractivity contribution in [3.8, 4) is 17.2 Å². The number of benzene rings is 2. The summed E-state index contributed by atoms with van der Waals surface area (Å²) in [6, 6.07) is 11.8. The lowest BCUT2D eigenvalue weighted by molar-refractivity contribution is 0.347. The number of halogens is 1. The first-order chi connectivity index (χ1) is 10.2. The highest BCUT2D eigenvalue weighted by molar-refractivity contribution is 9.10. The topological polar surface area (TPSA) is 39.7 Å². The van der Waals surface area contributed by atoms with Crippen LogP contribution in [0.4, 0.5) is 5.69 Å². The fourth-order valence-corrected chi connectivity index (χ4v) is 2.43. The minimum atomic E-state index is 0.625. The highest BCUT2D eigenvalue weighted by Gasteiger charge is 2.11. The lowest BCUT2D eigenvalue weighted by Gasteiger charge is -2.15. The second kappa shape index (κ2) is 7.22. The van der Waals surface area contributed by atoms with Crippen molar-refractivity contribution >= 4 is 21.6 Å². The Morgan fingerprint density at radius 2 is 1.57 bits per heavy atom. The van der Waals surface area contributed by atoms with E-state index in [1.807, 2.05) is 36.4 Å². The van der Waals surface area contributed by atoms with Gasteiger partial charge in [0.1, 0.15) is 5.75 Å². The van der Waals surface area contributed by atoms with E-state index in [1.54, 1.807) is 21.3 Å². The molecule has 0 heterocycles. The molecular formula is C16H18BrNO3. The van der Waals surface area contributed by atoms with Gasteiger partial charge in [0.15, 0.2) is 11.5 Å². The molecule has 2 aromatic rings. The van der Waals surface area contributed by atoms with E-state index in [4.69, 9.17) is 14.2 Å². The summed E-state index contributed by atoms with van der Waals surface area (Å²) in [5.74, 6) is 2.10. The van der Waals surface area contributed by atoms with E-state index in [-0.39, 0.29) is 0 Å². The first-order valence-corrected chi connectivity index (χ1v) is 7.25. The van der Waals surface area contributed by atoms with Gasteiger partial charge in [-0.1, -0.05) is 22.0 Å². The summed E-state index contributed by atoms with van der Waals surface area (Å²) in [7, 11) is 4.87. The first-order valence-electron chi connectivity index (χ1n) is 6.46. The molecule has 0 aromatic heterocycles. The molecule has 0 unspecified atom stereocenters. The predicted molar refractivity (Wildman–Crippen MR) is 87.6 cm³/mol. The first kappa shape index (κ1) is 15.5. The van der Waals surface area contributed by atoms with Crippen LogP contribution in [0.1, 0.15) is 5.56 Å². The average molecular weight is 352 g/mol. The van der Waals surface area contributed by atoms with Crippen LogP contribution in [-0.4, -0.2) is 21.3 Å². The Kier molecular flexibility index (Phi) is 5.33. The third-order valence-corrected chi connectivity index (χ3v) is 3.59. The van der Waals surface area contributed by atoms with Gasteiger partial charge in [0.2, 0.25) is 0 Å². The van der Waals surface area contributed by atoms with Gasteiger partial charge >= 0.3 is 0 Å². The summed E-state index contributed by atoms with van der Waals surface area (Å²) in [5.41, 5.74) is 2.02. The molecule has 0 amide bonds. The molecule has 0 aliphatic rings. The van der Waals surface area contributed by atoms with Crippen molar-refractivity contribution in [1.82, 2.24) is 0 Å². The van der Waals surface area contributed by atoms with Crippen molar-refractivity contribution in [2.24, 2.45) is 0 Å². The summed E-state index contributed by atoms with van der Waals surface area (Å²) >= 11 is 3.46. The molecule has 0 saturated heterocycles. The van der Waals surface area contributed by atoms with Gasteiger partial charge in [-0.15, -0.1) is 0 Å². The molecule has 112 valence electrons. The molecule has 5 heteroatoms. The monoisotopic (exact) mass is 351 g/mol. The maximum absolute atomic E-state index is 5.41. The van der Waals surface area contributed by atoms with Gasteiger partial charge in [0, 0.05) is 28.3 Å². The number of ether oxygens (including phenoxy) is 3. The van der Waals surface area contributed by atoms with Crippen molar-refractivity contribution in [3.05, 3.63) is 46.4 Å². The SMILES string of the molecule is COc1cc(OC)c(OC)cc1CNc1cccc(Br)c1. The standard InChI is InChI=1S/C16H18BrNO3/c1-19-14-9-16(21-3)15(20-2)7-11(14)10-18-13-6-4-5-12(17)8-13/h4-9,18H,10H2,1-3H3. The lowest BCUT2D eigenvalue weighted by atomic mass is 10.1. The fraction of sp³-hybridized carbons (Fsp3) is 0.250. The highest BCUT2D eigenvalue weighted by atomic mass is 79.9. The molecule has 2 aromatic carbocycles. The van der Waals surface area contributed by atoms with Gasteiger partial charge < -0.3 is 19.5 Å². The van der Waals surface area contributed by atoms with Crippen LogP contribution in [-0.2, 0) is 6.54 Å². The van der Waals surface area contributed by atoms with E-state index in [0.717, 1.165) is 21.5 Å². The molecular weight excluding hydrogens is 334 g/mol. The fourth-order valence-electron chi connectivity index (χ4n) is 2.03. The third-order valence-electron chi connectivity index (χ3n) is 3.09. The van der Waals surface area contributed by atoms with Crippen LogP contribution >= 0.6 is 15.9 Å². The highest BCUT2D eigenvalue weighted by Crippen LogP contribution is 2.35. The molecule has 4 nitrogen and oxygen atoms in total. The van der Waals surface area contributed by atoms with Crippen LogP contribution in [0, 0.1) is 0 Å². The van der Waals surface area contributed by atoms with Gasteiger partial charge in [0.05, 0.1) is 21.3 Å². The zero-order valence-corrected chi connectivity index (χ0v) is 13.9. The summed E-state index contributed by atoms with van der Waals surface area (Å²) in [5, 5.41) is 3.36. The van der Waals surface area contributed by atoms with Crippen molar-refractivity contribution < 1.29 is 14.2 Å². The summed E-state index contributed by atoms with van der Waals surface area (Å²) in [6.45, 7) is 0.625. The second-order valence-corrected chi connectivity index (χ2v) is 5.30. The third kappa shape index (κ3) is 3.82. The van der Waals surface area contributed by atoms with E-state index in [1.165, 1.54) is 0 Å². The lowest BCUT2D eigenvalue weighted by Crippen LogP contribution is -2.03. The molecule has 0 spiro atoms. The number of rotatable bonds is 6. The van der Waals surface area contributed by atoms with Gasteiger partial charge in [-0.05, 0) is 24.3 Å². The molecule has 1 N–H and O–H groups in total. The van der Waals surface area contributed by atoms with Gasteiger partial charge in [0.25, 0.3) is 0 Å². The Hall–Kier alpha value is -1.88. The number of nitrogens with one attached hydrogen (secondary N) is 1. The van der Waals surface area contributed by atoms with E-state index >= 15 is 0 Å². The van der Waals surface area contributed by atoms with Crippen LogP contribution in [0.5, 0.6) is 17.2 Å². The van der Waals surface area contributed by atoms with Crippen molar-refractivity contribution in [2.45, 2.75) is 6.54 Å². The largest absolute Gasteiger partial charge is 0.496 e. The molecule has 0 atom stereocenters. The zero-order chi connectivity index (χ0) is 15.2. The van der Waals surface area contributed by atoms with Crippen molar-refractivity contribution in [2.75, 3.05) is 26.6 Å². The molecule has 0 aliphatic heterocycles. The molecule has 0 saturated carbocycles. The Morgan fingerprint density at radius 1 is 0.905 bits per heavy atom. The smallest absolute Gasteiger partial charge is 0.164 e. The van der Waals surface area contributed by atoms with Crippen molar-refractivity contribution in [3.63, 3.8) is 0 Å². The van der Waals surface area contributed by atoms with E-state index in [0.29, 0.717) is 18.0 Å². The number of anilines is 1. The van der Waals surface area contributed by atoms with Crippen LogP contribution in [0.3, 0.4) is 0 Å². The van der Waals surface area contributed by atoms with Gasteiger partial charge in [-0.3, -0.25) is 0 Å². The maximum Gasteiger partial charge on any atom is 0.164 e. The second-order valence-electron chi connectivity index (χ2n) is 4.38. The Morgan fingerprint density at radius 3 is 2.19 bits per heavy atom. The molecule has 21 heavy (non-hydrogen) atoms. The van der Waals surface area contributed by atoms with E-state index < -0.39 is 0 Å². The van der Waals surface area contributed by atoms with Gasteiger partial charge in [-0.25, -0.2) is 0 Å². The van der Waals surface area contributed by atoms with Crippen molar-refractivity contribution in [1.29, 1.82) is 0 Å². The minimum Gasteiger partial charge on any atom is -0.496 e. The average Bonchev–Trinajstić information content (AvgIpc) is 2.52. The minimum absolute atomic E-state index is 0.625.